The van der Waals surface area contributed by atoms with Crippen LogP contribution in [0, 0.1) is 20.8 Å². The first-order valence-corrected chi connectivity index (χ1v) is 8.63. The Morgan fingerprint density at radius 1 is 1.15 bits per heavy atom. The number of hydrazine groups is 1. The summed E-state index contributed by atoms with van der Waals surface area (Å²) in [5.41, 5.74) is 8.21. The number of nitrogens with one attached hydrogen (secondary N) is 2. The zero-order chi connectivity index (χ0) is 19.6. The fourth-order valence-electron chi connectivity index (χ4n) is 2.71. The second-order valence-corrected chi connectivity index (χ2v) is 6.56. The van der Waals surface area contributed by atoms with Crippen molar-refractivity contribution in [1.82, 2.24) is 30.4 Å². The van der Waals surface area contributed by atoms with Crippen molar-refractivity contribution in [1.29, 1.82) is 0 Å². The van der Waals surface area contributed by atoms with Gasteiger partial charge in [-0.05, 0) is 45.0 Å². The van der Waals surface area contributed by atoms with E-state index in [9.17, 15) is 9.59 Å². The standard InChI is InChI=1S/C18H19ClN6O2/c1-11-7-12(2)24(23-11)10-17(26)21-22-18(27)16-9-20-25(13(16)3)15-6-4-5-14(19)8-15/h4-9H,10H2,1-3H3,(H,21,26)(H,22,27). The van der Waals surface area contributed by atoms with E-state index in [1.54, 1.807) is 34.5 Å². The molecule has 0 atom stereocenters. The summed E-state index contributed by atoms with van der Waals surface area (Å²) in [5.74, 6) is -0.836. The molecule has 0 saturated carbocycles. The maximum absolute atomic E-state index is 12.4. The number of hydrogen-bond acceptors (Lipinski definition) is 4. The monoisotopic (exact) mass is 386 g/mol. The first-order chi connectivity index (χ1) is 12.8. The van der Waals surface area contributed by atoms with Crippen LogP contribution in [0.15, 0.2) is 36.5 Å². The maximum atomic E-state index is 12.4. The molecule has 2 amide bonds. The normalized spacial score (nSPS) is 10.7. The van der Waals surface area contributed by atoms with Crippen LogP contribution < -0.4 is 10.9 Å². The lowest BCUT2D eigenvalue weighted by molar-refractivity contribution is -0.122. The molecule has 0 saturated heterocycles. The molecule has 8 nitrogen and oxygen atoms in total. The molecule has 3 rings (SSSR count). The van der Waals surface area contributed by atoms with Crippen LogP contribution in [0.5, 0.6) is 0 Å². The van der Waals surface area contributed by atoms with E-state index in [0.29, 0.717) is 16.3 Å². The van der Waals surface area contributed by atoms with E-state index in [4.69, 9.17) is 11.6 Å². The van der Waals surface area contributed by atoms with Crippen LogP contribution in [-0.2, 0) is 11.3 Å². The fraction of sp³-hybridized carbons (Fsp3) is 0.222. The topological polar surface area (TPSA) is 93.8 Å². The number of benzene rings is 1. The highest BCUT2D eigenvalue weighted by atomic mass is 35.5. The third-order valence-electron chi connectivity index (χ3n) is 4.02. The van der Waals surface area contributed by atoms with E-state index < -0.39 is 5.91 Å². The molecule has 0 unspecified atom stereocenters. The number of nitrogens with zero attached hydrogens (tertiary/aromatic N) is 4. The molecule has 2 aromatic heterocycles. The third kappa shape index (κ3) is 4.17. The van der Waals surface area contributed by atoms with Crippen LogP contribution in [0.4, 0.5) is 0 Å². The van der Waals surface area contributed by atoms with E-state index in [1.807, 2.05) is 26.0 Å². The maximum Gasteiger partial charge on any atom is 0.273 e. The first kappa shape index (κ1) is 18.7. The van der Waals surface area contributed by atoms with Gasteiger partial charge in [0.1, 0.15) is 6.54 Å². The van der Waals surface area contributed by atoms with E-state index in [-0.39, 0.29) is 12.5 Å². The SMILES string of the molecule is Cc1cc(C)n(CC(=O)NNC(=O)c2cnn(-c3cccc(Cl)c3)c2C)n1. The minimum Gasteiger partial charge on any atom is -0.271 e. The highest BCUT2D eigenvalue weighted by Crippen LogP contribution is 2.17. The minimum atomic E-state index is -0.456. The van der Waals surface area contributed by atoms with Gasteiger partial charge in [-0.25, -0.2) is 4.68 Å². The quantitative estimate of drug-likeness (QED) is 0.671. The Labute approximate surface area is 161 Å². The summed E-state index contributed by atoms with van der Waals surface area (Å²) in [6, 6.07) is 9.02. The van der Waals surface area contributed by atoms with Crippen molar-refractivity contribution in [3.63, 3.8) is 0 Å². The Balaban J connectivity index is 1.65. The molecular weight excluding hydrogens is 368 g/mol. The summed E-state index contributed by atoms with van der Waals surface area (Å²) >= 11 is 6.01. The Morgan fingerprint density at radius 2 is 1.93 bits per heavy atom. The zero-order valence-electron chi connectivity index (χ0n) is 15.2. The first-order valence-electron chi connectivity index (χ1n) is 8.26. The molecule has 27 heavy (non-hydrogen) atoms. The van der Waals surface area contributed by atoms with E-state index in [2.05, 4.69) is 21.0 Å². The van der Waals surface area contributed by atoms with Crippen LogP contribution >= 0.6 is 11.6 Å². The van der Waals surface area contributed by atoms with Crippen molar-refractivity contribution in [2.45, 2.75) is 27.3 Å². The Bertz CT molecular complexity index is 1010. The molecule has 0 aliphatic heterocycles. The van der Waals surface area contributed by atoms with Gasteiger partial charge < -0.3 is 0 Å². The number of carbonyl (C=O) groups excluding carboxylic acids is 2. The molecule has 0 bridgehead atoms. The van der Waals surface area contributed by atoms with Gasteiger partial charge in [-0.15, -0.1) is 0 Å². The number of aryl methyl sites for hydroxylation is 2. The molecular formula is C18H19ClN6O2. The number of halogens is 1. The van der Waals surface area contributed by atoms with E-state index in [1.165, 1.54) is 6.20 Å². The minimum absolute atomic E-state index is 0.0146. The van der Waals surface area contributed by atoms with Gasteiger partial charge >= 0.3 is 0 Å². The zero-order valence-corrected chi connectivity index (χ0v) is 15.9. The van der Waals surface area contributed by atoms with Crippen molar-refractivity contribution in [2.24, 2.45) is 0 Å². The number of aromatic nitrogens is 4. The molecule has 0 fully saturated rings. The number of carbonyl (C=O) groups is 2. The fourth-order valence-corrected chi connectivity index (χ4v) is 2.89. The van der Waals surface area contributed by atoms with Gasteiger partial charge in [-0.1, -0.05) is 17.7 Å². The highest BCUT2D eigenvalue weighted by Gasteiger charge is 2.16. The lowest BCUT2D eigenvalue weighted by Gasteiger charge is -2.09. The van der Waals surface area contributed by atoms with E-state index >= 15 is 0 Å². The largest absolute Gasteiger partial charge is 0.273 e. The van der Waals surface area contributed by atoms with Gasteiger partial charge in [0, 0.05) is 10.7 Å². The predicted molar refractivity (Wildman–Crippen MR) is 101 cm³/mol. The van der Waals surface area contributed by atoms with Gasteiger partial charge in [-0.3, -0.25) is 25.1 Å². The summed E-state index contributed by atoms with van der Waals surface area (Å²) in [6.45, 7) is 5.49. The van der Waals surface area contributed by atoms with Crippen LogP contribution in [0.3, 0.4) is 0 Å². The molecule has 2 heterocycles. The van der Waals surface area contributed by atoms with Gasteiger partial charge in [0.05, 0.1) is 28.8 Å². The Hall–Kier alpha value is -3.13. The predicted octanol–water partition coefficient (Wildman–Crippen LogP) is 2.11. The lowest BCUT2D eigenvalue weighted by Crippen LogP contribution is -2.43. The number of amides is 2. The molecule has 0 spiro atoms. The molecule has 1 aromatic carbocycles. The molecule has 3 aromatic rings. The third-order valence-corrected chi connectivity index (χ3v) is 4.25. The van der Waals surface area contributed by atoms with Crippen molar-refractivity contribution in [3.8, 4) is 5.69 Å². The van der Waals surface area contributed by atoms with Crippen LogP contribution in [0.2, 0.25) is 5.02 Å². The summed E-state index contributed by atoms with van der Waals surface area (Å²) in [4.78, 5) is 24.4. The van der Waals surface area contributed by atoms with Crippen LogP contribution in [0.1, 0.15) is 27.4 Å². The second kappa shape index (κ2) is 7.63. The molecule has 0 radical (unpaired) electrons. The average molecular weight is 387 g/mol. The Kier molecular flexibility index (Phi) is 5.27. The van der Waals surface area contributed by atoms with Gasteiger partial charge in [-0.2, -0.15) is 10.2 Å². The molecule has 0 aliphatic rings. The Morgan fingerprint density at radius 3 is 2.59 bits per heavy atom. The number of rotatable bonds is 4. The van der Waals surface area contributed by atoms with Gasteiger partial charge in [0.25, 0.3) is 11.8 Å². The van der Waals surface area contributed by atoms with Crippen molar-refractivity contribution >= 4 is 23.4 Å². The lowest BCUT2D eigenvalue weighted by atomic mass is 10.2. The molecule has 2 N–H and O–H groups in total. The van der Waals surface area contributed by atoms with E-state index in [0.717, 1.165) is 17.1 Å². The smallest absolute Gasteiger partial charge is 0.271 e. The summed E-state index contributed by atoms with van der Waals surface area (Å²) in [6.07, 6.45) is 1.44. The summed E-state index contributed by atoms with van der Waals surface area (Å²) in [7, 11) is 0. The number of hydrogen-bond donors (Lipinski definition) is 2. The van der Waals surface area contributed by atoms with Crippen LogP contribution in [-0.4, -0.2) is 31.4 Å². The van der Waals surface area contributed by atoms with Crippen molar-refractivity contribution < 1.29 is 9.59 Å². The summed E-state index contributed by atoms with van der Waals surface area (Å²) in [5, 5.41) is 9.01. The second-order valence-electron chi connectivity index (χ2n) is 6.12. The molecule has 9 heteroatoms. The summed E-state index contributed by atoms with van der Waals surface area (Å²) < 4.78 is 3.18. The van der Waals surface area contributed by atoms with Crippen molar-refractivity contribution in [3.05, 3.63) is 64.2 Å². The highest BCUT2D eigenvalue weighted by molar-refractivity contribution is 6.30. The van der Waals surface area contributed by atoms with Gasteiger partial charge in [0.15, 0.2) is 0 Å². The molecule has 0 aliphatic carbocycles. The average Bonchev–Trinajstić information content (AvgIpc) is 3.14. The van der Waals surface area contributed by atoms with Crippen LogP contribution in [0.25, 0.3) is 5.69 Å². The molecule has 140 valence electrons. The van der Waals surface area contributed by atoms with Gasteiger partial charge in [0.2, 0.25) is 0 Å². The van der Waals surface area contributed by atoms with Crippen molar-refractivity contribution in [2.75, 3.05) is 0 Å².